The van der Waals surface area contributed by atoms with Gasteiger partial charge in [0, 0.05) is 25.0 Å². The number of carbonyl (C=O) groups excluding carboxylic acids is 1. The highest BCUT2D eigenvalue weighted by Gasteiger charge is 2.36. The Hall–Kier alpha value is -2.71. The largest absolute Gasteiger partial charge is 0.457 e. The predicted molar refractivity (Wildman–Crippen MR) is 122 cm³/mol. The van der Waals surface area contributed by atoms with E-state index in [4.69, 9.17) is 9.57 Å². The minimum atomic E-state index is -3.25. The Morgan fingerprint density at radius 3 is 2.22 bits per heavy atom. The molecule has 32 heavy (non-hydrogen) atoms. The molecule has 3 rings (SSSR count). The first kappa shape index (κ1) is 23.9. The summed E-state index contributed by atoms with van der Waals surface area (Å²) in [4.78, 5) is 17.9. The van der Waals surface area contributed by atoms with E-state index in [-0.39, 0.29) is 16.6 Å². The number of nitrogens with zero attached hydrogens (tertiary/aromatic N) is 1. The lowest BCUT2D eigenvalue weighted by Gasteiger charge is -2.32. The van der Waals surface area contributed by atoms with Gasteiger partial charge in [-0.2, -0.15) is 0 Å². The maximum Gasteiger partial charge on any atom is 0.175 e. The highest BCUT2D eigenvalue weighted by Crippen LogP contribution is 2.36. The van der Waals surface area contributed by atoms with Gasteiger partial charge in [-0.05, 0) is 68.1 Å². The number of rotatable bonds is 8. The third-order valence-electron chi connectivity index (χ3n) is 5.56. The molecule has 1 saturated carbocycles. The van der Waals surface area contributed by atoms with Crippen molar-refractivity contribution in [2.45, 2.75) is 50.0 Å². The van der Waals surface area contributed by atoms with Gasteiger partial charge < -0.3 is 14.7 Å². The van der Waals surface area contributed by atoms with Gasteiger partial charge in [0.1, 0.15) is 23.9 Å². The van der Waals surface area contributed by atoms with Crippen molar-refractivity contribution in [1.82, 2.24) is 0 Å². The molecule has 1 aliphatic rings. The fourth-order valence-corrected chi connectivity index (χ4v) is 4.51. The smallest absolute Gasteiger partial charge is 0.175 e. The zero-order valence-electron chi connectivity index (χ0n) is 18.5. The summed E-state index contributed by atoms with van der Waals surface area (Å²) in [6, 6.07) is 13.6. The van der Waals surface area contributed by atoms with Crippen molar-refractivity contribution in [3.63, 3.8) is 0 Å². The van der Waals surface area contributed by atoms with Crippen molar-refractivity contribution in [1.29, 1.82) is 0 Å². The Kier molecular flexibility index (Phi) is 7.69. The monoisotopic (exact) mass is 459 g/mol. The summed E-state index contributed by atoms with van der Waals surface area (Å²) < 4.78 is 28.9. The van der Waals surface area contributed by atoms with Crippen LogP contribution in [0.25, 0.3) is 0 Å². The van der Waals surface area contributed by atoms with Gasteiger partial charge in [-0.25, -0.2) is 8.42 Å². The molecular weight excluding hydrogens is 430 g/mol. The SMILES string of the molecule is CCO/N=C(/C)CC1C(=O)CC(c2ccc(Oc3ccc(S(C)(=O)=O)cc3)cc2)CC1O. The Labute approximate surface area is 189 Å². The molecule has 2 aromatic rings. The first-order valence-corrected chi connectivity index (χ1v) is 12.5. The Morgan fingerprint density at radius 1 is 1.09 bits per heavy atom. The van der Waals surface area contributed by atoms with Crippen LogP contribution in [-0.4, -0.2) is 44.0 Å². The van der Waals surface area contributed by atoms with Gasteiger partial charge in [0.05, 0.1) is 16.7 Å². The average Bonchev–Trinajstić information content (AvgIpc) is 2.75. The molecule has 3 atom stereocenters. The number of hydrogen-bond acceptors (Lipinski definition) is 7. The van der Waals surface area contributed by atoms with Gasteiger partial charge in [0.25, 0.3) is 0 Å². The fourth-order valence-electron chi connectivity index (χ4n) is 3.88. The molecule has 0 spiro atoms. The Morgan fingerprint density at radius 2 is 1.69 bits per heavy atom. The number of ketones is 1. The molecule has 0 heterocycles. The van der Waals surface area contributed by atoms with Crippen molar-refractivity contribution in [2.75, 3.05) is 12.9 Å². The number of ether oxygens (including phenoxy) is 1. The summed E-state index contributed by atoms with van der Waals surface area (Å²) in [5.41, 5.74) is 1.67. The van der Waals surface area contributed by atoms with Crippen LogP contribution in [0.2, 0.25) is 0 Å². The molecule has 0 bridgehead atoms. The number of benzene rings is 2. The molecule has 2 aromatic carbocycles. The number of hydrogen-bond donors (Lipinski definition) is 1. The summed E-state index contributed by atoms with van der Waals surface area (Å²) in [5.74, 6) is 0.657. The van der Waals surface area contributed by atoms with E-state index in [9.17, 15) is 18.3 Å². The van der Waals surface area contributed by atoms with Crippen molar-refractivity contribution in [3.8, 4) is 11.5 Å². The Bertz CT molecular complexity index is 1060. The van der Waals surface area contributed by atoms with Crippen LogP contribution >= 0.6 is 0 Å². The van der Waals surface area contributed by atoms with E-state index in [0.717, 1.165) is 11.8 Å². The molecule has 8 heteroatoms. The van der Waals surface area contributed by atoms with Crippen molar-refractivity contribution >= 4 is 21.3 Å². The molecular formula is C24H29NO6S. The average molecular weight is 460 g/mol. The number of sulfone groups is 1. The number of oxime groups is 1. The number of carbonyl (C=O) groups is 1. The number of aliphatic hydroxyl groups is 1. The highest BCUT2D eigenvalue weighted by molar-refractivity contribution is 7.90. The van der Waals surface area contributed by atoms with E-state index in [1.165, 1.54) is 12.1 Å². The van der Waals surface area contributed by atoms with Gasteiger partial charge in [-0.15, -0.1) is 0 Å². The first-order chi connectivity index (χ1) is 15.2. The van der Waals surface area contributed by atoms with Crippen LogP contribution in [0, 0.1) is 5.92 Å². The second-order valence-corrected chi connectivity index (χ2v) is 10.2. The third-order valence-corrected chi connectivity index (χ3v) is 6.68. The van der Waals surface area contributed by atoms with Crippen LogP contribution in [0.5, 0.6) is 11.5 Å². The Balaban J connectivity index is 1.62. The van der Waals surface area contributed by atoms with Gasteiger partial charge in [-0.1, -0.05) is 17.3 Å². The lowest BCUT2D eigenvalue weighted by atomic mass is 9.74. The predicted octanol–water partition coefficient (Wildman–Crippen LogP) is 4.11. The van der Waals surface area contributed by atoms with Gasteiger partial charge in [0.15, 0.2) is 9.84 Å². The molecule has 3 unspecified atom stereocenters. The van der Waals surface area contributed by atoms with Crippen LogP contribution in [0.1, 0.15) is 44.6 Å². The summed E-state index contributed by atoms with van der Waals surface area (Å²) in [6.45, 7) is 4.11. The summed E-state index contributed by atoms with van der Waals surface area (Å²) in [7, 11) is -3.25. The number of aliphatic hydroxyl groups excluding tert-OH is 1. The maximum atomic E-state index is 12.7. The topological polar surface area (TPSA) is 102 Å². The molecule has 0 aromatic heterocycles. The molecule has 1 fully saturated rings. The van der Waals surface area contributed by atoms with Crippen LogP contribution < -0.4 is 4.74 Å². The summed E-state index contributed by atoms with van der Waals surface area (Å²) >= 11 is 0. The number of Topliss-reactive ketones (excluding diaryl/α,β-unsaturated/α-hetero) is 1. The van der Waals surface area contributed by atoms with E-state index in [1.54, 1.807) is 19.1 Å². The normalized spacial score (nSPS) is 21.9. The molecule has 1 N–H and O–H groups in total. The van der Waals surface area contributed by atoms with Crippen LogP contribution in [0.3, 0.4) is 0 Å². The van der Waals surface area contributed by atoms with Gasteiger partial charge in [0.2, 0.25) is 0 Å². The second-order valence-electron chi connectivity index (χ2n) is 8.14. The summed E-state index contributed by atoms with van der Waals surface area (Å²) in [6.07, 6.45) is 1.71. The van der Waals surface area contributed by atoms with Crippen LogP contribution in [-0.2, 0) is 19.5 Å². The van der Waals surface area contributed by atoms with E-state index in [0.29, 0.717) is 43.1 Å². The minimum absolute atomic E-state index is 0.0334. The van der Waals surface area contributed by atoms with E-state index < -0.39 is 21.9 Å². The maximum absolute atomic E-state index is 12.7. The lowest BCUT2D eigenvalue weighted by molar-refractivity contribution is -0.129. The summed E-state index contributed by atoms with van der Waals surface area (Å²) in [5, 5.41) is 14.5. The van der Waals surface area contributed by atoms with E-state index in [2.05, 4.69) is 5.16 Å². The second kappa shape index (κ2) is 10.3. The van der Waals surface area contributed by atoms with Gasteiger partial charge >= 0.3 is 0 Å². The standard InChI is InChI=1S/C24H29NO6S/c1-4-30-25-16(2)13-22-23(26)14-18(15-24(22)27)17-5-7-19(8-6-17)31-20-9-11-21(12-10-20)32(3,28)29/h5-12,18,22-23,26H,4,13-15H2,1-3H3/b25-16-. The third kappa shape index (κ3) is 6.17. The first-order valence-electron chi connectivity index (χ1n) is 10.6. The quantitative estimate of drug-likeness (QED) is 0.471. The van der Waals surface area contributed by atoms with Gasteiger partial charge in [-0.3, -0.25) is 4.79 Å². The van der Waals surface area contributed by atoms with Crippen LogP contribution in [0.15, 0.2) is 58.6 Å². The lowest BCUT2D eigenvalue weighted by Crippen LogP contribution is -2.37. The van der Waals surface area contributed by atoms with Crippen molar-refractivity contribution in [2.24, 2.45) is 11.1 Å². The van der Waals surface area contributed by atoms with Crippen molar-refractivity contribution < 1.29 is 27.9 Å². The zero-order chi connectivity index (χ0) is 23.3. The highest BCUT2D eigenvalue weighted by atomic mass is 32.2. The molecule has 0 aliphatic heterocycles. The molecule has 7 nitrogen and oxygen atoms in total. The van der Waals surface area contributed by atoms with Crippen molar-refractivity contribution in [3.05, 3.63) is 54.1 Å². The molecule has 0 radical (unpaired) electrons. The molecule has 0 amide bonds. The van der Waals surface area contributed by atoms with E-state index in [1.807, 2.05) is 31.2 Å². The minimum Gasteiger partial charge on any atom is -0.457 e. The zero-order valence-corrected chi connectivity index (χ0v) is 19.3. The van der Waals surface area contributed by atoms with Crippen LogP contribution in [0.4, 0.5) is 0 Å². The molecule has 1 aliphatic carbocycles. The molecule has 0 saturated heterocycles. The fraction of sp³-hybridized carbons (Fsp3) is 0.417. The van der Waals surface area contributed by atoms with E-state index >= 15 is 0 Å². The molecule has 172 valence electrons.